The Morgan fingerprint density at radius 3 is 1.88 bits per heavy atom. The molecule has 4 aliphatic rings. The molecule has 0 spiro atoms. The number of allylic oxidation sites excluding steroid dienone is 1. The zero-order valence-electron chi connectivity index (χ0n) is 29.3. The van der Waals surface area contributed by atoms with Crippen molar-refractivity contribution in [1.29, 1.82) is 0 Å². The second kappa shape index (κ2) is 13.1. The molecule has 0 amide bonds. The van der Waals surface area contributed by atoms with Crippen LogP contribution in [0.5, 0.6) is 0 Å². The van der Waals surface area contributed by atoms with Crippen LogP contribution in [-0.4, -0.2) is 68.4 Å². The van der Waals surface area contributed by atoms with Gasteiger partial charge in [0.2, 0.25) is 0 Å². The first-order chi connectivity index (χ1) is 21.6. The van der Waals surface area contributed by atoms with Crippen molar-refractivity contribution in [2.75, 3.05) is 0 Å². The van der Waals surface area contributed by atoms with Gasteiger partial charge in [0.15, 0.2) is 0 Å². The van der Waals surface area contributed by atoms with E-state index in [0.29, 0.717) is 24.2 Å². The van der Waals surface area contributed by atoms with Gasteiger partial charge in [0.25, 0.3) is 0 Å². The number of aliphatic hydroxyl groups excluding tert-OH is 1. The van der Waals surface area contributed by atoms with E-state index in [1.54, 1.807) is 6.92 Å². The molecular formula is C32H56O13S3. The molecular weight excluding hydrogens is 689 g/mol. The molecule has 0 bridgehead atoms. The molecule has 0 aromatic carbocycles. The molecule has 0 saturated heterocycles. The number of hydrogen-bond acceptors (Lipinski definition) is 10. The fourth-order valence-electron chi connectivity index (χ4n) is 11.0. The maximum absolute atomic E-state index is 12.2. The third-order valence-electron chi connectivity index (χ3n) is 14.4. The lowest BCUT2D eigenvalue weighted by atomic mass is 9.39. The predicted octanol–water partition coefficient (Wildman–Crippen LogP) is 5.44. The minimum absolute atomic E-state index is 0.00884. The molecule has 13 atom stereocenters. The Balaban J connectivity index is 1.72. The summed E-state index contributed by atoms with van der Waals surface area (Å²) in [5, 5.41) is 11.6. The fourth-order valence-corrected chi connectivity index (χ4v) is 12.5. The van der Waals surface area contributed by atoms with E-state index >= 15 is 0 Å². The van der Waals surface area contributed by atoms with Crippen LogP contribution in [0.15, 0.2) is 12.2 Å². The van der Waals surface area contributed by atoms with E-state index in [2.05, 4.69) is 59.2 Å². The molecule has 16 heteroatoms. The Morgan fingerprint density at radius 1 is 0.833 bits per heavy atom. The molecule has 0 aliphatic heterocycles. The first kappa shape index (κ1) is 40.1. The first-order valence-electron chi connectivity index (χ1n) is 16.9. The van der Waals surface area contributed by atoms with Crippen molar-refractivity contribution in [1.82, 2.24) is 0 Å². The monoisotopic (exact) mass is 744 g/mol. The van der Waals surface area contributed by atoms with E-state index in [4.69, 9.17) is 8.37 Å². The molecule has 0 aromatic rings. The summed E-state index contributed by atoms with van der Waals surface area (Å²) in [4.78, 5) is 0. The predicted molar refractivity (Wildman–Crippen MR) is 177 cm³/mol. The summed E-state index contributed by atoms with van der Waals surface area (Å²) in [6.07, 6.45) is -1.93. The molecule has 48 heavy (non-hydrogen) atoms. The van der Waals surface area contributed by atoms with Crippen LogP contribution in [0.2, 0.25) is 0 Å². The summed E-state index contributed by atoms with van der Waals surface area (Å²) in [7, 11) is -15.5. The van der Waals surface area contributed by atoms with Gasteiger partial charge in [-0.25, -0.2) is 12.5 Å². The van der Waals surface area contributed by atoms with E-state index in [1.165, 1.54) is 0 Å². The molecule has 0 heterocycles. The Labute approximate surface area is 287 Å². The molecule has 0 radical (unpaired) electrons. The summed E-state index contributed by atoms with van der Waals surface area (Å²) in [5.74, 6) is -0.407. The summed E-state index contributed by atoms with van der Waals surface area (Å²) in [6, 6.07) is 0. The third-order valence-corrected chi connectivity index (χ3v) is 15.8. The van der Waals surface area contributed by atoms with Crippen LogP contribution in [0.4, 0.5) is 0 Å². The lowest BCUT2D eigenvalue weighted by Crippen LogP contribution is -2.68. The largest absolute Gasteiger partial charge is 0.397 e. The van der Waals surface area contributed by atoms with Crippen LogP contribution >= 0.6 is 0 Å². The molecule has 0 aromatic heterocycles. The van der Waals surface area contributed by atoms with Gasteiger partial charge in [-0.15, -0.1) is 0 Å². The summed E-state index contributed by atoms with van der Waals surface area (Å²) in [6.45, 7) is 21.6. The topological polar surface area (TPSA) is 211 Å². The Bertz CT molecular complexity index is 1560. The number of aliphatic hydroxyl groups is 1. The first-order valence-corrected chi connectivity index (χ1v) is 21.0. The lowest BCUT2D eigenvalue weighted by Gasteiger charge is -2.67. The van der Waals surface area contributed by atoms with Crippen molar-refractivity contribution < 1.29 is 56.6 Å². The number of hydrogen-bond donors (Lipinski definition) is 4. The summed E-state index contributed by atoms with van der Waals surface area (Å²) >= 11 is 0. The molecule has 280 valence electrons. The van der Waals surface area contributed by atoms with Crippen LogP contribution < -0.4 is 0 Å². The molecule has 13 nitrogen and oxygen atoms in total. The summed E-state index contributed by atoms with van der Waals surface area (Å²) < 4.78 is 115. The van der Waals surface area contributed by atoms with Gasteiger partial charge in [-0.05, 0) is 103 Å². The highest BCUT2D eigenvalue weighted by Crippen LogP contribution is 2.74. The van der Waals surface area contributed by atoms with E-state index in [1.807, 2.05) is 0 Å². The smallest absolute Gasteiger partial charge is 0.390 e. The number of fused-ring (bicyclic) bond motifs is 5. The minimum Gasteiger partial charge on any atom is -0.390 e. The van der Waals surface area contributed by atoms with Gasteiger partial charge in [-0.1, -0.05) is 67.0 Å². The van der Waals surface area contributed by atoms with Crippen LogP contribution in [0.3, 0.4) is 0 Å². The molecule has 4 N–H and O–H groups in total. The van der Waals surface area contributed by atoms with Crippen molar-refractivity contribution in [3.8, 4) is 0 Å². The van der Waals surface area contributed by atoms with E-state index < -0.39 is 66.9 Å². The standard InChI is InChI=1S/C32H56O13S3/c1-18(2)29(5,6)20(4)11-10-19(3)21-12-14-32(9)23-16-24(43-46(34,35)36)26-27(33)28(45-48(40,41)42)25(44-47(37,38)39)17-30(26,7)22(23)13-15-31(21,32)8/h19-28,33H,1,10-17H2,2-9H3,(H,34,35,36)(H,37,38,39)(H,40,41,42)/t19-,20+,21-,22+,23-,24+,25+,26+,27-,28-,30-,31-,32+/m1/s1. The molecule has 4 saturated carbocycles. The van der Waals surface area contributed by atoms with Gasteiger partial charge in [-0.2, -0.15) is 25.3 Å². The maximum atomic E-state index is 12.2. The van der Waals surface area contributed by atoms with Gasteiger partial charge in [0.05, 0.1) is 12.2 Å². The van der Waals surface area contributed by atoms with Gasteiger partial charge in [0.1, 0.15) is 12.2 Å². The van der Waals surface area contributed by atoms with Crippen molar-refractivity contribution >= 4 is 31.2 Å². The van der Waals surface area contributed by atoms with Gasteiger partial charge in [0, 0.05) is 5.92 Å². The van der Waals surface area contributed by atoms with Crippen LogP contribution in [-0.2, 0) is 43.7 Å². The lowest BCUT2D eigenvalue weighted by molar-refractivity contribution is -0.239. The summed E-state index contributed by atoms with van der Waals surface area (Å²) in [5.41, 5.74) is -0.460. The van der Waals surface area contributed by atoms with E-state index in [0.717, 1.165) is 37.7 Å². The number of rotatable bonds is 12. The minimum atomic E-state index is -5.27. The van der Waals surface area contributed by atoms with Crippen LogP contribution in [0, 0.1) is 57.2 Å². The van der Waals surface area contributed by atoms with E-state index in [-0.39, 0.29) is 40.9 Å². The second-order valence-corrected chi connectivity index (χ2v) is 19.9. The Kier molecular flexibility index (Phi) is 10.9. The van der Waals surface area contributed by atoms with Crippen LogP contribution in [0.25, 0.3) is 0 Å². The molecule has 4 fully saturated rings. The normalized spacial score (nSPS) is 41.9. The van der Waals surface area contributed by atoms with Crippen LogP contribution in [0.1, 0.15) is 107 Å². The zero-order valence-corrected chi connectivity index (χ0v) is 31.8. The second-order valence-electron chi connectivity index (χ2n) is 16.8. The Hall–Kier alpha value is -0.690. The Morgan fingerprint density at radius 2 is 1.35 bits per heavy atom. The fraction of sp³-hybridized carbons (Fsp3) is 0.938. The highest BCUT2D eigenvalue weighted by atomic mass is 32.3. The highest BCUT2D eigenvalue weighted by molar-refractivity contribution is 7.81. The molecule has 0 unspecified atom stereocenters. The van der Waals surface area contributed by atoms with Gasteiger partial charge >= 0.3 is 31.2 Å². The average Bonchev–Trinajstić information content (AvgIpc) is 3.18. The highest BCUT2D eigenvalue weighted by Gasteiger charge is 2.70. The molecule has 4 rings (SSSR count). The van der Waals surface area contributed by atoms with Gasteiger partial charge in [-0.3, -0.25) is 13.7 Å². The SMILES string of the molecule is C=C(C)C(C)(C)[C@@H](C)CC[C@@H](C)[C@H]1CC[C@@]2(C)[C@@H]3C[C@H](OS(=O)(=O)O)[C@H]4[C@@H](O)[C@H](OS(=O)(=O)O)[C@@H](OS(=O)(=O)O)C[C@]4(C)[C@H]3CC[C@]12C. The van der Waals surface area contributed by atoms with Crippen molar-refractivity contribution in [3.05, 3.63) is 12.2 Å². The maximum Gasteiger partial charge on any atom is 0.397 e. The van der Waals surface area contributed by atoms with Crippen molar-refractivity contribution in [2.24, 2.45) is 57.2 Å². The molecule has 4 aliphatic carbocycles. The average molecular weight is 745 g/mol. The third kappa shape index (κ3) is 7.45. The van der Waals surface area contributed by atoms with Crippen molar-refractivity contribution in [3.63, 3.8) is 0 Å². The van der Waals surface area contributed by atoms with Crippen molar-refractivity contribution in [2.45, 2.75) is 131 Å². The zero-order chi connectivity index (χ0) is 36.6. The quantitative estimate of drug-likeness (QED) is 0.145. The van der Waals surface area contributed by atoms with E-state index in [9.17, 15) is 44.0 Å². The van der Waals surface area contributed by atoms with Gasteiger partial charge < -0.3 is 5.11 Å².